The second-order valence-electron chi connectivity index (χ2n) is 6.32. The lowest BCUT2D eigenvalue weighted by Gasteiger charge is -2.17. The summed E-state index contributed by atoms with van der Waals surface area (Å²) in [5.41, 5.74) is 17.2. The molecule has 1 unspecified atom stereocenters. The average Bonchev–Trinajstić information content (AvgIpc) is 3.21. The van der Waals surface area contributed by atoms with Gasteiger partial charge in [0.25, 0.3) is 0 Å². The number of nitrogen functional groups attached to an aromatic ring is 2. The molecular weight excluding hydrogens is 361 g/mol. The van der Waals surface area contributed by atoms with Gasteiger partial charge in [0, 0.05) is 29.5 Å². The molecule has 3 rings (SSSR count). The highest BCUT2D eigenvalue weighted by Gasteiger charge is 2.24. The Bertz CT molecular complexity index is 641. The minimum atomic E-state index is 0. The van der Waals surface area contributed by atoms with Gasteiger partial charge in [-0.25, -0.2) is 0 Å². The number of benzene rings is 1. The number of nitrogens with one attached hydrogen (secondary N) is 1. The number of anilines is 2. The van der Waals surface area contributed by atoms with E-state index in [4.69, 9.17) is 11.5 Å². The van der Waals surface area contributed by atoms with E-state index in [1.165, 1.54) is 36.8 Å². The van der Waals surface area contributed by atoms with Crippen molar-refractivity contribution in [2.45, 2.75) is 45.2 Å². The van der Waals surface area contributed by atoms with Gasteiger partial charge in [-0.3, -0.25) is 0 Å². The first-order valence-electron chi connectivity index (χ1n) is 8.11. The maximum absolute atomic E-state index is 6.13. The van der Waals surface area contributed by atoms with E-state index < -0.39 is 0 Å². The van der Waals surface area contributed by atoms with Crippen LogP contribution in [0.4, 0.5) is 11.4 Å². The molecule has 3 nitrogen and oxygen atoms in total. The molecule has 0 amide bonds. The molecule has 2 aromatic rings. The third kappa shape index (κ3) is 5.28. The van der Waals surface area contributed by atoms with E-state index in [-0.39, 0.29) is 24.8 Å². The van der Waals surface area contributed by atoms with Crippen LogP contribution in [0.3, 0.4) is 0 Å². The van der Waals surface area contributed by atoms with Gasteiger partial charge in [-0.05, 0) is 58.8 Å². The fourth-order valence-electron chi connectivity index (χ4n) is 2.91. The predicted octanol–water partition coefficient (Wildman–Crippen LogP) is 5.09. The second kappa shape index (κ2) is 9.52. The van der Waals surface area contributed by atoms with Crippen LogP contribution in [-0.4, -0.2) is 6.04 Å². The molecule has 0 bridgehead atoms. The molecule has 0 radical (unpaired) electrons. The van der Waals surface area contributed by atoms with Crippen molar-refractivity contribution < 1.29 is 0 Å². The fourth-order valence-corrected chi connectivity index (χ4v) is 3.77. The summed E-state index contributed by atoms with van der Waals surface area (Å²) in [6, 6.07) is 6.34. The van der Waals surface area contributed by atoms with Crippen LogP contribution < -0.4 is 16.8 Å². The van der Waals surface area contributed by atoms with E-state index in [9.17, 15) is 0 Å². The minimum absolute atomic E-state index is 0. The zero-order valence-corrected chi connectivity index (χ0v) is 16.4. The standard InChI is InChI=1S/C18H25N3S.2ClH/c1-2-15(7-12-3-4-12)21-9-13-10-22-11-17(13)16-8-14(19)5-6-18(16)20;;/h5-6,8,10-12,15,21H,2-4,7,9,19-20H2,1H3;2*1H. The van der Waals surface area contributed by atoms with Gasteiger partial charge in [0.1, 0.15) is 0 Å². The van der Waals surface area contributed by atoms with Crippen LogP contribution in [-0.2, 0) is 6.54 Å². The molecular formula is C18H27Cl2N3S. The summed E-state index contributed by atoms with van der Waals surface area (Å²) in [5, 5.41) is 8.11. The Morgan fingerprint density at radius 1 is 1.17 bits per heavy atom. The van der Waals surface area contributed by atoms with Crippen LogP contribution in [0.15, 0.2) is 29.0 Å². The first kappa shape index (κ1) is 21.1. The third-order valence-corrected chi connectivity index (χ3v) is 5.29. The monoisotopic (exact) mass is 387 g/mol. The lowest BCUT2D eigenvalue weighted by atomic mass is 10.0. The average molecular weight is 388 g/mol. The number of nitrogens with two attached hydrogens (primary N) is 2. The van der Waals surface area contributed by atoms with E-state index in [1.807, 2.05) is 18.2 Å². The molecule has 1 aromatic carbocycles. The molecule has 24 heavy (non-hydrogen) atoms. The Kier molecular flexibility index (Phi) is 8.37. The number of halogens is 2. The Hall–Kier alpha value is -0.940. The number of rotatable bonds is 7. The number of hydrogen-bond donors (Lipinski definition) is 3. The highest BCUT2D eigenvalue weighted by atomic mass is 35.5. The van der Waals surface area contributed by atoms with Crippen molar-refractivity contribution in [1.82, 2.24) is 5.32 Å². The lowest BCUT2D eigenvalue weighted by Crippen LogP contribution is -2.28. The van der Waals surface area contributed by atoms with E-state index in [2.05, 4.69) is 23.0 Å². The normalized spacial score (nSPS) is 14.5. The Balaban J connectivity index is 0.00000144. The van der Waals surface area contributed by atoms with Crippen molar-refractivity contribution in [1.29, 1.82) is 0 Å². The van der Waals surface area contributed by atoms with Gasteiger partial charge in [0.15, 0.2) is 0 Å². The molecule has 0 aliphatic heterocycles. The van der Waals surface area contributed by atoms with Gasteiger partial charge >= 0.3 is 0 Å². The lowest BCUT2D eigenvalue weighted by molar-refractivity contribution is 0.445. The first-order valence-corrected chi connectivity index (χ1v) is 9.05. The number of thiophene rings is 1. The quantitative estimate of drug-likeness (QED) is 0.579. The second-order valence-corrected chi connectivity index (χ2v) is 7.07. The van der Waals surface area contributed by atoms with Crippen LogP contribution in [0, 0.1) is 5.92 Å². The van der Waals surface area contributed by atoms with Crippen molar-refractivity contribution in [2.75, 3.05) is 11.5 Å². The molecule has 134 valence electrons. The van der Waals surface area contributed by atoms with Crippen LogP contribution >= 0.6 is 36.2 Å². The van der Waals surface area contributed by atoms with Crippen molar-refractivity contribution >= 4 is 47.5 Å². The summed E-state index contributed by atoms with van der Waals surface area (Å²) in [5.74, 6) is 0.962. The van der Waals surface area contributed by atoms with Crippen LogP contribution in [0.25, 0.3) is 11.1 Å². The third-order valence-electron chi connectivity index (χ3n) is 4.50. The van der Waals surface area contributed by atoms with Crippen LogP contribution in [0.5, 0.6) is 0 Å². The maximum Gasteiger partial charge on any atom is 0.0395 e. The zero-order valence-electron chi connectivity index (χ0n) is 14.0. The summed E-state index contributed by atoms with van der Waals surface area (Å²) in [6.07, 6.45) is 5.34. The van der Waals surface area contributed by atoms with E-state index >= 15 is 0 Å². The Morgan fingerprint density at radius 3 is 2.58 bits per heavy atom. The number of hydrogen-bond acceptors (Lipinski definition) is 4. The highest BCUT2D eigenvalue weighted by molar-refractivity contribution is 7.08. The Morgan fingerprint density at radius 2 is 1.92 bits per heavy atom. The summed E-state index contributed by atoms with van der Waals surface area (Å²) >= 11 is 1.72. The minimum Gasteiger partial charge on any atom is -0.399 e. The summed E-state index contributed by atoms with van der Waals surface area (Å²) in [4.78, 5) is 0. The summed E-state index contributed by atoms with van der Waals surface area (Å²) < 4.78 is 0. The molecule has 5 N–H and O–H groups in total. The van der Waals surface area contributed by atoms with Crippen molar-refractivity contribution in [2.24, 2.45) is 5.92 Å². The molecule has 0 saturated heterocycles. The van der Waals surface area contributed by atoms with Crippen molar-refractivity contribution in [3.8, 4) is 11.1 Å². The van der Waals surface area contributed by atoms with Crippen molar-refractivity contribution in [3.05, 3.63) is 34.5 Å². The molecule has 1 fully saturated rings. The van der Waals surface area contributed by atoms with Gasteiger partial charge in [-0.2, -0.15) is 11.3 Å². The Labute approximate surface area is 161 Å². The van der Waals surface area contributed by atoms with Gasteiger partial charge < -0.3 is 16.8 Å². The summed E-state index contributed by atoms with van der Waals surface area (Å²) in [7, 11) is 0. The molecule has 1 aliphatic carbocycles. The highest BCUT2D eigenvalue weighted by Crippen LogP contribution is 2.35. The van der Waals surface area contributed by atoms with Gasteiger partial charge in [0.2, 0.25) is 0 Å². The van der Waals surface area contributed by atoms with Crippen LogP contribution in [0.2, 0.25) is 0 Å². The van der Waals surface area contributed by atoms with Gasteiger partial charge in [0.05, 0.1) is 0 Å². The predicted molar refractivity (Wildman–Crippen MR) is 111 cm³/mol. The molecule has 0 spiro atoms. The molecule has 1 aliphatic rings. The topological polar surface area (TPSA) is 64.1 Å². The zero-order chi connectivity index (χ0) is 15.5. The molecule has 1 heterocycles. The van der Waals surface area contributed by atoms with Crippen molar-refractivity contribution in [3.63, 3.8) is 0 Å². The van der Waals surface area contributed by atoms with Crippen LogP contribution in [0.1, 0.15) is 38.2 Å². The SMILES string of the molecule is CCC(CC1CC1)NCc1cscc1-c1cc(N)ccc1N.Cl.Cl. The molecule has 6 heteroatoms. The molecule has 1 aromatic heterocycles. The van der Waals surface area contributed by atoms with E-state index in [0.29, 0.717) is 6.04 Å². The molecule has 1 atom stereocenters. The summed E-state index contributed by atoms with van der Waals surface area (Å²) in [6.45, 7) is 3.17. The van der Waals surface area contributed by atoms with Gasteiger partial charge in [-0.1, -0.05) is 19.8 Å². The first-order chi connectivity index (χ1) is 10.7. The fraction of sp³-hybridized carbons (Fsp3) is 0.444. The smallest absolute Gasteiger partial charge is 0.0395 e. The molecule has 1 saturated carbocycles. The van der Waals surface area contributed by atoms with E-state index in [1.54, 1.807) is 11.3 Å². The van der Waals surface area contributed by atoms with Gasteiger partial charge in [-0.15, -0.1) is 24.8 Å². The van der Waals surface area contributed by atoms with E-state index in [0.717, 1.165) is 29.4 Å². The maximum atomic E-state index is 6.13. The largest absolute Gasteiger partial charge is 0.399 e.